The minimum Gasteiger partial charge on any atom is -0.457 e. The predicted octanol–water partition coefficient (Wildman–Crippen LogP) is 4.90. The Morgan fingerprint density at radius 2 is 1.92 bits per heavy atom. The van der Waals surface area contributed by atoms with Crippen LogP contribution >= 0.6 is 0 Å². The van der Waals surface area contributed by atoms with E-state index < -0.39 is 0 Å². The minimum absolute atomic E-state index is 0.0393. The predicted molar refractivity (Wildman–Crippen MR) is 146 cm³/mol. The van der Waals surface area contributed by atoms with E-state index in [1.807, 2.05) is 59.1 Å². The maximum Gasteiger partial charge on any atom is 0.246 e. The molecule has 1 amide bonds. The van der Waals surface area contributed by atoms with Crippen molar-refractivity contribution in [3.8, 4) is 11.5 Å². The van der Waals surface area contributed by atoms with Gasteiger partial charge in [-0.15, -0.1) is 0 Å². The summed E-state index contributed by atoms with van der Waals surface area (Å²) in [5.74, 6) is 3.03. The van der Waals surface area contributed by atoms with E-state index in [0.29, 0.717) is 17.6 Å². The molecule has 196 valence electrons. The normalized spacial score (nSPS) is 20.4. The fraction of sp³-hybridized carbons (Fsp3) is 0.276. The lowest BCUT2D eigenvalue weighted by Crippen LogP contribution is -2.53. The summed E-state index contributed by atoms with van der Waals surface area (Å²) < 4.78 is 9.73. The average Bonchev–Trinajstić information content (AvgIpc) is 3.62. The van der Waals surface area contributed by atoms with Crippen LogP contribution in [0.1, 0.15) is 36.3 Å². The van der Waals surface area contributed by atoms with Crippen molar-refractivity contribution < 1.29 is 9.53 Å². The van der Waals surface area contributed by atoms with E-state index in [1.165, 1.54) is 18.0 Å². The standard InChI is InChI=1S/C29H28N8O2/c1-3-27(38)35-15-19-4-6-21(35)13-24(19)23-9-11-37-28(23)29(31-17-33-37)34-20-5-7-25(18(2)12-20)39-22-8-10-36-26(14-22)30-16-32-36/h3,5,7-12,14,16-17,19,21,24H,1,4,6,13,15H2,2H3,(H,31,33,34)/t19-,21-,24?/m1/s1. The molecule has 3 fully saturated rings. The Kier molecular flexibility index (Phi) is 5.54. The molecule has 0 radical (unpaired) electrons. The monoisotopic (exact) mass is 520 g/mol. The highest BCUT2D eigenvalue weighted by molar-refractivity contribution is 5.87. The van der Waals surface area contributed by atoms with E-state index >= 15 is 0 Å². The van der Waals surface area contributed by atoms with Crippen LogP contribution in [0.5, 0.6) is 11.5 Å². The van der Waals surface area contributed by atoms with Gasteiger partial charge in [0.2, 0.25) is 5.91 Å². The van der Waals surface area contributed by atoms with Gasteiger partial charge in [0, 0.05) is 36.7 Å². The Labute approximate surface area is 224 Å². The highest BCUT2D eigenvalue weighted by atomic mass is 16.5. The molecule has 1 aromatic carbocycles. The summed E-state index contributed by atoms with van der Waals surface area (Å²) in [6.45, 7) is 6.48. The van der Waals surface area contributed by atoms with Gasteiger partial charge in [0.1, 0.15) is 29.7 Å². The van der Waals surface area contributed by atoms with Crippen LogP contribution in [-0.4, -0.2) is 52.6 Å². The summed E-state index contributed by atoms with van der Waals surface area (Å²) in [7, 11) is 0. The number of amides is 1. The molecule has 2 saturated heterocycles. The van der Waals surface area contributed by atoms with Gasteiger partial charge < -0.3 is 15.0 Å². The summed E-state index contributed by atoms with van der Waals surface area (Å²) in [6.07, 6.45) is 11.5. The van der Waals surface area contributed by atoms with E-state index in [9.17, 15) is 4.79 Å². The molecule has 3 aliphatic rings. The van der Waals surface area contributed by atoms with Crippen LogP contribution in [0, 0.1) is 12.8 Å². The van der Waals surface area contributed by atoms with Gasteiger partial charge in [-0.25, -0.2) is 19.0 Å². The number of nitrogens with zero attached hydrogens (tertiary/aromatic N) is 7. The maximum atomic E-state index is 12.4. The molecule has 10 heteroatoms. The van der Waals surface area contributed by atoms with Gasteiger partial charge in [-0.2, -0.15) is 10.2 Å². The third-order valence-electron chi connectivity index (χ3n) is 8.10. The largest absolute Gasteiger partial charge is 0.457 e. The third-order valence-corrected chi connectivity index (χ3v) is 8.10. The molecule has 4 aromatic heterocycles. The second-order valence-electron chi connectivity index (χ2n) is 10.3. The first-order chi connectivity index (χ1) is 19.1. The van der Waals surface area contributed by atoms with E-state index in [4.69, 9.17) is 4.74 Å². The summed E-state index contributed by atoms with van der Waals surface area (Å²) in [4.78, 5) is 23.2. The smallest absolute Gasteiger partial charge is 0.246 e. The number of hydrogen-bond acceptors (Lipinski definition) is 7. The summed E-state index contributed by atoms with van der Waals surface area (Å²) in [6, 6.07) is 12.1. The third kappa shape index (κ3) is 4.08. The first kappa shape index (κ1) is 23.4. The number of nitrogens with one attached hydrogen (secondary N) is 1. The summed E-state index contributed by atoms with van der Waals surface area (Å²) in [5.41, 5.74) is 4.84. The van der Waals surface area contributed by atoms with Crippen LogP contribution < -0.4 is 10.1 Å². The molecule has 6 heterocycles. The second kappa shape index (κ2) is 9.23. The fourth-order valence-electron chi connectivity index (χ4n) is 6.22. The molecule has 1 saturated carbocycles. The molecule has 3 atom stereocenters. The Balaban J connectivity index is 1.15. The number of aryl methyl sites for hydroxylation is 1. The molecule has 8 rings (SSSR count). The van der Waals surface area contributed by atoms with E-state index in [1.54, 1.807) is 10.8 Å². The van der Waals surface area contributed by atoms with E-state index in [-0.39, 0.29) is 11.9 Å². The van der Waals surface area contributed by atoms with Crippen molar-refractivity contribution in [2.45, 2.75) is 38.1 Å². The van der Waals surface area contributed by atoms with Crippen molar-refractivity contribution in [1.82, 2.24) is 34.1 Å². The van der Waals surface area contributed by atoms with Crippen molar-refractivity contribution in [3.63, 3.8) is 0 Å². The number of carbonyl (C=O) groups is 1. The summed E-state index contributed by atoms with van der Waals surface area (Å²) in [5, 5.41) is 12.1. The first-order valence-corrected chi connectivity index (χ1v) is 13.2. The highest BCUT2D eigenvalue weighted by Crippen LogP contribution is 2.47. The van der Waals surface area contributed by atoms with Gasteiger partial charge in [0.15, 0.2) is 11.5 Å². The molecule has 1 N–H and O–H groups in total. The average molecular weight is 521 g/mol. The molecule has 1 aliphatic carbocycles. The van der Waals surface area contributed by atoms with Crippen LogP contribution in [-0.2, 0) is 4.79 Å². The lowest BCUT2D eigenvalue weighted by atomic mass is 9.69. The zero-order chi connectivity index (χ0) is 26.5. The van der Waals surface area contributed by atoms with E-state index in [2.05, 4.69) is 38.1 Å². The quantitative estimate of drug-likeness (QED) is 0.318. The maximum absolute atomic E-state index is 12.4. The van der Waals surface area contributed by atoms with Gasteiger partial charge in [0.25, 0.3) is 0 Å². The van der Waals surface area contributed by atoms with E-state index in [0.717, 1.165) is 59.8 Å². The van der Waals surface area contributed by atoms with Crippen molar-refractivity contribution in [2.75, 3.05) is 11.9 Å². The number of aromatic nitrogens is 6. The minimum atomic E-state index is 0.0393. The van der Waals surface area contributed by atoms with Crippen molar-refractivity contribution in [1.29, 1.82) is 0 Å². The van der Waals surface area contributed by atoms with Gasteiger partial charge >= 0.3 is 0 Å². The summed E-state index contributed by atoms with van der Waals surface area (Å²) >= 11 is 0. The number of carbonyl (C=O) groups excluding carboxylic acids is 1. The Morgan fingerprint density at radius 3 is 2.74 bits per heavy atom. The highest BCUT2D eigenvalue weighted by Gasteiger charge is 2.43. The van der Waals surface area contributed by atoms with Gasteiger partial charge in [-0.05, 0) is 85.6 Å². The number of fused-ring (bicyclic) bond motifs is 5. The molecule has 2 aliphatic heterocycles. The topological polar surface area (TPSA) is 102 Å². The first-order valence-electron chi connectivity index (χ1n) is 13.2. The SMILES string of the molecule is C=CC(=O)N1C[C@H]2CC[C@@H]1CC2c1ccn2ncnc(Nc3ccc(Oc4ccn5ncnc5c4)c(C)c3)c12. The van der Waals surface area contributed by atoms with Crippen LogP contribution in [0.3, 0.4) is 0 Å². The van der Waals surface area contributed by atoms with Crippen molar-refractivity contribution in [2.24, 2.45) is 5.92 Å². The molecular weight excluding hydrogens is 492 g/mol. The lowest BCUT2D eigenvalue weighted by molar-refractivity contribution is -0.133. The molecule has 1 unspecified atom stereocenters. The zero-order valence-electron chi connectivity index (χ0n) is 21.6. The van der Waals surface area contributed by atoms with Gasteiger partial charge in [-0.3, -0.25) is 4.79 Å². The van der Waals surface area contributed by atoms with Crippen LogP contribution in [0.25, 0.3) is 11.2 Å². The number of benzene rings is 1. The molecule has 2 bridgehead atoms. The number of rotatable bonds is 6. The Hall–Kier alpha value is -4.73. The van der Waals surface area contributed by atoms with Gasteiger partial charge in [-0.1, -0.05) is 6.58 Å². The van der Waals surface area contributed by atoms with Crippen LogP contribution in [0.15, 0.2) is 74.1 Å². The Bertz CT molecular complexity index is 1720. The molecule has 0 spiro atoms. The fourth-order valence-corrected chi connectivity index (χ4v) is 6.22. The number of hydrogen-bond donors (Lipinski definition) is 1. The second-order valence-corrected chi connectivity index (χ2v) is 10.3. The number of pyridine rings is 1. The van der Waals surface area contributed by atoms with Crippen molar-refractivity contribution in [3.05, 3.63) is 85.2 Å². The molecule has 39 heavy (non-hydrogen) atoms. The Morgan fingerprint density at radius 1 is 1.08 bits per heavy atom. The number of anilines is 2. The molecule has 10 nitrogen and oxygen atoms in total. The van der Waals surface area contributed by atoms with Gasteiger partial charge in [0.05, 0.1) is 0 Å². The van der Waals surface area contributed by atoms with Crippen LogP contribution in [0.2, 0.25) is 0 Å². The van der Waals surface area contributed by atoms with Crippen molar-refractivity contribution >= 4 is 28.6 Å². The zero-order valence-corrected chi connectivity index (χ0v) is 21.6. The molecular formula is C29H28N8O2. The number of piperidine rings is 2. The molecule has 5 aromatic rings. The van der Waals surface area contributed by atoms with Crippen LogP contribution in [0.4, 0.5) is 11.5 Å². The lowest BCUT2D eigenvalue weighted by Gasteiger charge is -2.49. The number of ether oxygens (including phenoxy) is 1.